The Kier molecular flexibility index (Phi) is 2.20. The van der Waals surface area contributed by atoms with Gasteiger partial charge in [0.1, 0.15) is 11.5 Å². The minimum Gasteiger partial charge on any atom is -0.508 e. The minimum atomic E-state index is -0.106. The van der Waals surface area contributed by atoms with Crippen LogP contribution in [0.25, 0.3) is 21.5 Å². The van der Waals surface area contributed by atoms with Gasteiger partial charge in [-0.15, -0.1) is 0 Å². The molecule has 3 heteroatoms. The van der Waals surface area contributed by atoms with E-state index in [2.05, 4.69) is 0 Å². The zero-order valence-corrected chi connectivity index (χ0v) is 9.42. The van der Waals surface area contributed by atoms with Crippen molar-refractivity contribution in [1.29, 1.82) is 0 Å². The average Bonchev–Trinajstić information content (AvgIpc) is 2.47. The van der Waals surface area contributed by atoms with Crippen molar-refractivity contribution in [2.75, 3.05) is 0 Å². The van der Waals surface area contributed by atoms with E-state index >= 15 is 0 Å². The van der Waals surface area contributed by atoms with Crippen molar-refractivity contribution in [1.82, 2.24) is 0 Å². The summed E-state index contributed by atoms with van der Waals surface area (Å²) in [5.41, 5.74) is -0.106. The minimum absolute atomic E-state index is 0.106. The van der Waals surface area contributed by atoms with E-state index in [9.17, 15) is 15.0 Å². The molecule has 2 N–H and O–H groups in total. The highest BCUT2D eigenvalue weighted by molar-refractivity contribution is 5.94. The molecule has 18 heavy (non-hydrogen) atoms. The summed E-state index contributed by atoms with van der Waals surface area (Å²) >= 11 is 0. The summed E-state index contributed by atoms with van der Waals surface area (Å²) in [6, 6.07) is 12.8. The highest BCUT2D eigenvalue weighted by Crippen LogP contribution is 2.21. The van der Waals surface area contributed by atoms with Crippen molar-refractivity contribution in [2.45, 2.75) is 0 Å². The Balaban J connectivity index is 2.59. The zero-order chi connectivity index (χ0) is 12.7. The summed E-state index contributed by atoms with van der Waals surface area (Å²) in [7, 11) is 0. The predicted octanol–water partition coefficient (Wildman–Crippen LogP) is 2.76. The third-order valence-electron chi connectivity index (χ3n) is 3.00. The topological polar surface area (TPSA) is 57.5 Å². The number of aromatic hydroxyl groups is 2. The molecule has 0 heterocycles. The molecule has 3 aromatic rings. The molecule has 0 fully saturated rings. The highest BCUT2D eigenvalue weighted by Gasteiger charge is 2.03. The first kappa shape index (κ1) is 10.6. The Labute approximate surface area is 103 Å². The number of rotatable bonds is 0. The standard InChI is InChI=1S/C15H10O3/c16-11-3-5-13-9(7-11)1-2-10-8-12(17)4-6-14(10)15(13)18/h1-8,16-17H. The number of phenolic OH excluding ortho intramolecular Hbond substituents is 2. The van der Waals surface area contributed by atoms with Crippen molar-refractivity contribution < 1.29 is 10.2 Å². The van der Waals surface area contributed by atoms with E-state index in [1.54, 1.807) is 36.4 Å². The largest absolute Gasteiger partial charge is 0.508 e. The first-order valence-electron chi connectivity index (χ1n) is 5.54. The van der Waals surface area contributed by atoms with Crippen LogP contribution in [-0.4, -0.2) is 10.2 Å². The van der Waals surface area contributed by atoms with Gasteiger partial charge in [-0.05, 0) is 47.2 Å². The Hall–Kier alpha value is -2.55. The van der Waals surface area contributed by atoms with Crippen LogP contribution < -0.4 is 5.43 Å². The quantitative estimate of drug-likeness (QED) is 0.633. The van der Waals surface area contributed by atoms with E-state index < -0.39 is 0 Å². The lowest BCUT2D eigenvalue weighted by molar-refractivity contribution is 0.475. The Morgan fingerprint density at radius 1 is 0.667 bits per heavy atom. The van der Waals surface area contributed by atoms with Gasteiger partial charge in [-0.3, -0.25) is 4.79 Å². The predicted molar refractivity (Wildman–Crippen MR) is 71.1 cm³/mol. The number of fused-ring (bicyclic) bond motifs is 2. The molecule has 0 bridgehead atoms. The average molecular weight is 238 g/mol. The van der Waals surface area contributed by atoms with Crippen LogP contribution in [0.1, 0.15) is 0 Å². The molecule has 0 aliphatic rings. The van der Waals surface area contributed by atoms with Gasteiger partial charge < -0.3 is 10.2 Å². The molecule has 0 spiro atoms. The van der Waals surface area contributed by atoms with Gasteiger partial charge in [0.2, 0.25) is 0 Å². The lowest BCUT2D eigenvalue weighted by atomic mass is 10.1. The van der Waals surface area contributed by atoms with Crippen LogP contribution in [0.2, 0.25) is 0 Å². The van der Waals surface area contributed by atoms with E-state index in [0.717, 1.165) is 0 Å². The van der Waals surface area contributed by atoms with Crippen LogP contribution in [0.4, 0.5) is 0 Å². The first-order valence-corrected chi connectivity index (χ1v) is 5.54. The van der Waals surface area contributed by atoms with Gasteiger partial charge in [-0.2, -0.15) is 0 Å². The normalized spacial score (nSPS) is 10.9. The Bertz CT molecular complexity index is 755. The number of hydrogen-bond acceptors (Lipinski definition) is 3. The molecule has 0 radical (unpaired) electrons. The second-order valence-corrected chi connectivity index (χ2v) is 4.21. The van der Waals surface area contributed by atoms with Gasteiger partial charge in [-0.25, -0.2) is 0 Å². The maximum absolute atomic E-state index is 12.3. The summed E-state index contributed by atoms with van der Waals surface area (Å²) in [5.74, 6) is 0.250. The van der Waals surface area contributed by atoms with Crippen LogP contribution in [0.15, 0.2) is 53.3 Å². The second kappa shape index (κ2) is 3.74. The molecule has 0 aromatic heterocycles. The van der Waals surface area contributed by atoms with Crippen LogP contribution in [0.3, 0.4) is 0 Å². The fourth-order valence-electron chi connectivity index (χ4n) is 2.11. The van der Waals surface area contributed by atoms with E-state index in [0.29, 0.717) is 21.5 Å². The lowest BCUT2D eigenvalue weighted by Crippen LogP contribution is -1.97. The van der Waals surface area contributed by atoms with Crippen LogP contribution in [0, 0.1) is 0 Å². The van der Waals surface area contributed by atoms with Crippen molar-refractivity contribution in [3.05, 3.63) is 58.8 Å². The second-order valence-electron chi connectivity index (χ2n) is 4.21. The number of phenols is 2. The molecule has 3 aromatic carbocycles. The summed E-state index contributed by atoms with van der Waals surface area (Å²) < 4.78 is 0. The third-order valence-corrected chi connectivity index (χ3v) is 3.00. The van der Waals surface area contributed by atoms with Crippen LogP contribution in [0.5, 0.6) is 11.5 Å². The molecule has 3 nitrogen and oxygen atoms in total. The van der Waals surface area contributed by atoms with Gasteiger partial charge in [0.05, 0.1) is 0 Å². The molecule has 0 aliphatic carbocycles. The fraction of sp³-hybridized carbons (Fsp3) is 0. The summed E-state index contributed by atoms with van der Waals surface area (Å²) in [6.45, 7) is 0. The van der Waals surface area contributed by atoms with Crippen molar-refractivity contribution in [3.63, 3.8) is 0 Å². The summed E-state index contributed by atoms with van der Waals surface area (Å²) in [5, 5.41) is 21.3. The van der Waals surface area contributed by atoms with Crippen molar-refractivity contribution in [2.24, 2.45) is 0 Å². The van der Waals surface area contributed by atoms with Gasteiger partial charge in [-0.1, -0.05) is 12.1 Å². The van der Waals surface area contributed by atoms with E-state index in [-0.39, 0.29) is 16.9 Å². The van der Waals surface area contributed by atoms with Crippen molar-refractivity contribution >= 4 is 21.5 Å². The van der Waals surface area contributed by atoms with E-state index in [1.807, 2.05) is 0 Å². The van der Waals surface area contributed by atoms with Crippen LogP contribution >= 0.6 is 0 Å². The number of benzene rings is 2. The summed E-state index contributed by atoms with van der Waals surface area (Å²) in [4.78, 5) is 12.3. The lowest BCUT2D eigenvalue weighted by Gasteiger charge is -1.94. The molecule has 0 unspecified atom stereocenters. The highest BCUT2D eigenvalue weighted by atomic mass is 16.3. The fourth-order valence-corrected chi connectivity index (χ4v) is 2.11. The zero-order valence-electron chi connectivity index (χ0n) is 9.42. The maximum Gasteiger partial charge on any atom is 0.194 e. The molecule has 0 saturated carbocycles. The maximum atomic E-state index is 12.3. The molecular formula is C15H10O3. The third kappa shape index (κ3) is 1.57. The summed E-state index contributed by atoms with van der Waals surface area (Å²) in [6.07, 6.45) is 0. The Morgan fingerprint density at radius 3 is 1.56 bits per heavy atom. The molecule has 3 rings (SSSR count). The molecule has 0 saturated heterocycles. The van der Waals surface area contributed by atoms with E-state index in [1.165, 1.54) is 12.1 Å². The molecule has 0 aliphatic heterocycles. The van der Waals surface area contributed by atoms with Crippen LogP contribution in [-0.2, 0) is 0 Å². The Morgan fingerprint density at radius 2 is 1.11 bits per heavy atom. The monoisotopic (exact) mass is 238 g/mol. The van der Waals surface area contributed by atoms with Gasteiger partial charge >= 0.3 is 0 Å². The van der Waals surface area contributed by atoms with Gasteiger partial charge in [0.15, 0.2) is 5.43 Å². The van der Waals surface area contributed by atoms with Gasteiger partial charge in [0.25, 0.3) is 0 Å². The van der Waals surface area contributed by atoms with Crippen molar-refractivity contribution in [3.8, 4) is 11.5 Å². The molecular weight excluding hydrogens is 228 g/mol. The SMILES string of the molecule is O=c1c2ccc(O)cc2ccc2cc(O)ccc12. The smallest absolute Gasteiger partial charge is 0.194 e. The molecule has 88 valence electrons. The van der Waals surface area contributed by atoms with Gasteiger partial charge in [0, 0.05) is 10.8 Å². The van der Waals surface area contributed by atoms with E-state index in [4.69, 9.17) is 0 Å². The number of hydrogen-bond donors (Lipinski definition) is 2. The molecule has 0 atom stereocenters. The first-order chi connectivity index (χ1) is 8.65. The molecule has 0 amide bonds.